The molecule has 5 rings (SSSR count). The third-order valence-electron chi connectivity index (χ3n) is 6.67. The maximum Gasteiger partial charge on any atom is 0.417 e. The summed E-state index contributed by atoms with van der Waals surface area (Å²) in [5.41, 5.74) is -0.973. The van der Waals surface area contributed by atoms with Crippen LogP contribution in [0.15, 0.2) is 67.1 Å². The van der Waals surface area contributed by atoms with E-state index in [-0.39, 0.29) is 52.0 Å². The van der Waals surface area contributed by atoms with Crippen LogP contribution in [0.1, 0.15) is 36.9 Å². The molecular weight excluding hydrogens is 617 g/mol. The first-order chi connectivity index (χ1) is 22.0. The van der Waals surface area contributed by atoms with Gasteiger partial charge in [-0.3, -0.25) is 14.5 Å². The fourth-order valence-electron chi connectivity index (χ4n) is 4.51. The molecule has 1 N–H and O–H groups in total. The Labute approximate surface area is 257 Å². The lowest BCUT2D eigenvalue weighted by molar-refractivity contribution is -0.149. The number of fused-ring (bicyclic) bond motifs is 1. The number of aromatic nitrogens is 5. The van der Waals surface area contributed by atoms with Gasteiger partial charge in [-0.05, 0) is 42.8 Å². The monoisotopic (exact) mass is 641 g/mol. The minimum atomic E-state index is -4.72. The van der Waals surface area contributed by atoms with Crippen molar-refractivity contribution in [3.63, 3.8) is 0 Å². The molecule has 46 heavy (non-hydrogen) atoms. The van der Waals surface area contributed by atoms with Crippen LogP contribution in [0.4, 0.5) is 22.0 Å². The van der Waals surface area contributed by atoms with E-state index in [1.807, 2.05) is 6.92 Å². The van der Waals surface area contributed by atoms with Crippen LogP contribution in [0.5, 0.6) is 5.75 Å². The summed E-state index contributed by atoms with van der Waals surface area (Å²) >= 11 is 0. The molecule has 0 radical (unpaired) electrons. The number of pyridine rings is 1. The molecule has 238 valence electrons. The van der Waals surface area contributed by atoms with Crippen molar-refractivity contribution in [2.75, 3.05) is 13.2 Å². The van der Waals surface area contributed by atoms with Crippen molar-refractivity contribution < 1.29 is 46.1 Å². The number of esters is 1. The van der Waals surface area contributed by atoms with Gasteiger partial charge in [0.15, 0.2) is 23.5 Å². The van der Waals surface area contributed by atoms with E-state index in [1.54, 1.807) is 0 Å². The van der Waals surface area contributed by atoms with Gasteiger partial charge in [0.25, 0.3) is 0 Å². The number of hydrogen-bond acceptors (Lipinski definition) is 8. The lowest BCUT2D eigenvalue weighted by atomic mass is 10.0. The number of alkyl halides is 3. The number of carboxylic acid groups (broad SMARTS) is 1. The Kier molecular flexibility index (Phi) is 9.21. The van der Waals surface area contributed by atoms with Crippen molar-refractivity contribution in [1.82, 2.24) is 24.7 Å². The number of aliphatic carboxylic acids is 1. The number of halogens is 5. The van der Waals surface area contributed by atoms with Gasteiger partial charge in [-0.1, -0.05) is 19.1 Å². The number of carbonyl (C=O) groups is 2. The van der Waals surface area contributed by atoms with E-state index in [1.165, 1.54) is 55.0 Å². The van der Waals surface area contributed by atoms with Crippen LogP contribution in [-0.2, 0) is 20.5 Å². The molecule has 0 fully saturated rings. The molecule has 0 saturated carbocycles. The molecule has 1 aromatic heterocycles. The number of carboxylic acids is 1. The van der Waals surface area contributed by atoms with Gasteiger partial charge in [0.2, 0.25) is 0 Å². The van der Waals surface area contributed by atoms with E-state index in [0.29, 0.717) is 6.42 Å². The molecule has 3 heterocycles. The van der Waals surface area contributed by atoms with Crippen LogP contribution in [0.25, 0.3) is 34.0 Å². The highest BCUT2D eigenvalue weighted by molar-refractivity contribution is 5.79. The first-order valence-corrected chi connectivity index (χ1v) is 13.8. The zero-order chi connectivity index (χ0) is 33.0. The van der Waals surface area contributed by atoms with Crippen molar-refractivity contribution in [2.24, 2.45) is 0 Å². The molecule has 0 aliphatic carbocycles. The van der Waals surface area contributed by atoms with Crippen molar-refractivity contribution in [3.8, 4) is 39.8 Å². The quantitative estimate of drug-likeness (QED) is 0.132. The molecule has 2 aliphatic rings. The summed E-state index contributed by atoms with van der Waals surface area (Å²) in [5, 5.41) is 13.2. The average Bonchev–Trinajstić information content (AvgIpc) is 3.44. The van der Waals surface area contributed by atoms with E-state index in [0.717, 1.165) is 16.8 Å². The number of ether oxygens (including phenoxy) is 2. The molecule has 10 nitrogen and oxygen atoms in total. The smallest absolute Gasteiger partial charge is 0.417 e. The van der Waals surface area contributed by atoms with Gasteiger partial charge < -0.3 is 14.6 Å². The molecule has 0 amide bonds. The molecular formula is C31H24F5N5O5. The van der Waals surface area contributed by atoms with Gasteiger partial charge in [0.05, 0.1) is 42.2 Å². The Bertz CT molecular complexity index is 1840. The minimum absolute atomic E-state index is 0.0480. The fraction of sp³-hybridized carbons (Fsp3) is 0.226. The largest absolute Gasteiger partial charge is 0.494 e. The van der Waals surface area contributed by atoms with Crippen LogP contribution in [0.2, 0.25) is 0 Å². The predicted octanol–water partition coefficient (Wildman–Crippen LogP) is 6.20. The molecule has 1 unspecified atom stereocenters. The fourth-order valence-corrected chi connectivity index (χ4v) is 4.51. The van der Waals surface area contributed by atoms with E-state index in [2.05, 4.69) is 20.1 Å². The summed E-state index contributed by atoms with van der Waals surface area (Å²) in [6, 6.07) is 8.31. The Balaban J connectivity index is 1.52. The number of nitrogens with zero attached hydrogens (tertiary/aromatic N) is 5. The lowest BCUT2D eigenvalue weighted by Crippen LogP contribution is -2.26. The van der Waals surface area contributed by atoms with Gasteiger partial charge >= 0.3 is 18.1 Å². The zero-order valence-electron chi connectivity index (χ0n) is 24.0. The maximum atomic E-state index is 14.4. The van der Waals surface area contributed by atoms with Crippen LogP contribution >= 0.6 is 0 Å². The summed E-state index contributed by atoms with van der Waals surface area (Å²) in [6.07, 6.45) is -0.917. The standard InChI is InChI=1S/C31H24F5N5O5/c1-2-11-45-18-7-8-19(21(13-18)31(34,35)36)23-9-6-17(14-37-23)28(30(44)46-12-10-26(42)43)41-16-25-24(15-38-41)39-29(40-25)20-4-3-5-22(32)27(20)33/h3-9,13-16,28H,2,10-12H2,1H3,(H,42,43). The van der Waals surface area contributed by atoms with E-state index in [9.17, 15) is 31.5 Å². The van der Waals surface area contributed by atoms with E-state index < -0.39 is 54.4 Å². The second-order valence-electron chi connectivity index (χ2n) is 9.92. The lowest BCUT2D eigenvalue weighted by Gasteiger charge is -2.19. The molecule has 2 aliphatic heterocycles. The first kappa shape index (κ1) is 31.9. The Morgan fingerprint density at radius 3 is 2.43 bits per heavy atom. The summed E-state index contributed by atoms with van der Waals surface area (Å²) in [7, 11) is 0. The molecule has 15 heteroatoms. The molecule has 0 saturated heterocycles. The van der Waals surface area contributed by atoms with Crippen molar-refractivity contribution in [3.05, 3.63) is 89.9 Å². The van der Waals surface area contributed by atoms with Gasteiger partial charge in [-0.2, -0.15) is 18.3 Å². The Morgan fingerprint density at radius 2 is 1.74 bits per heavy atom. The maximum absolute atomic E-state index is 14.4. The predicted molar refractivity (Wildman–Crippen MR) is 152 cm³/mol. The van der Waals surface area contributed by atoms with Crippen LogP contribution in [0, 0.1) is 11.6 Å². The SMILES string of the molecule is CCCOc1ccc(-c2ccc(C(C(=O)OCCC(=O)O)n3cc4nc(-c5cccc(F)c5F)nc-4cn3)cn2)c(C(F)(F)F)c1. The highest BCUT2D eigenvalue weighted by Gasteiger charge is 2.35. The van der Waals surface area contributed by atoms with Crippen LogP contribution in [0.3, 0.4) is 0 Å². The molecule has 1 atom stereocenters. The second kappa shape index (κ2) is 13.3. The highest BCUT2D eigenvalue weighted by atomic mass is 19.4. The van der Waals surface area contributed by atoms with Gasteiger partial charge in [-0.15, -0.1) is 0 Å². The molecule has 0 spiro atoms. The van der Waals surface area contributed by atoms with Crippen molar-refractivity contribution >= 4 is 11.9 Å². The van der Waals surface area contributed by atoms with E-state index >= 15 is 0 Å². The number of benzene rings is 2. The highest BCUT2D eigenvalue weighted by Crippen LogP contribution is 2.39. The normalized spacial score (nSPS) is 12.2. The summed E-state index contributed by atoms with van der Waals surface area (Å²) in [5.74, 6) is -4.49. The first-order valence-electron chi connectivity index (χ1n) is 13.8. The Hall–Kier alpha value is -5.47. The molecule has 2 aromatic carbocycles. The number of rotatable bonds is 11. The number of carbonyl (C=O) groups excluding carboxylic acids is 1. The van der Waals surface area contributed by atoms with Crippen molar-refractivity contribution in [2.45, 2.75) is 32.0 Å². The van der Waals surface area contributed by atoms with Crippen LogP contribution in [-0.4, -0.2) is 55.0 Å². The van der Waals surface area contributed by atoms with Gasteiger partial charge in [0, 0.05) is 17.3 Å². The summed E-state index contributed by atoms with van der Waals surface area (Å²) in [4.78, 5) is 36.8. The topological polar surface area (TPSA) is 129 Å². The molecule has 3 aromatic rings. The summed E-state index contributed by atoms with van der Waals surface area (Å²) in [6.45, 7) is 1.59. The van der Waals surface area contributed by atoms with Crippen LogP contribution < -0.4 is 4.74 Å². The third kappa shape index (κ3) is 6.92. The van der Waals surface area contributed by atoms with Gasteiger partial charge in [-0.25, -0.2) is 23.5 Å². The Morgan fingerprint density at radius 1 is 0.957 bits per heavy atom. The summed E-state index contributed by atoms with van der Waals surface area (Å²) < 4.78 is 81.8. The van der Waals surface area contributed by atoms with E-state index in [4.69, 9.17) is 14.6 Å². The third-order valence-corrected chi connectivity index (χ3v) is 6.67. The van der Waals surface area contributed by atoms with Gasteiger partial charge in [0.1, 0.15) is 23.7 Å². The molecule has 0 bridgehead atoms. The average molecular weight is 642 g/mol. The minimum Gasteiger partial charge on any atom is -0.494 e. The zero-order valence-corrected chi connectivity index (χ0v) is 24.0. The number of hydrogen-bond donors (Lipinski definition) is 1. The number of imidazole rings is 1. The van der Waals surface area contributed by atoms with Crippen molar-refractivity contribution in [1.29, 1.82) is 0 Å². The second-order valence-corrected chi connectivity index (χ2v) is 9.92.